The van der Waals surface area contributed by atoms with E-state index in [4.69, 9.17) is 5.73 Å². The maximum absolute atomic E-state index is 12.4. The van der Waals surface area contributed by atoms with Crippen molar-refractivity contribution in [2.45, 2.75) is 64.5 Å². The van der Waals surface area contributed by atoms with Gasteiger partial charge in [-0.25, -0.2) is 0 Å². The molecule has 2 fully saturated rings. The second-order valence-electron chi connectivity index (χ2n) is 6.03. The largest absolute Gasteiger partial charge is 0.336 e. The van der Waals surface area contributed by atoms with Crippen LogP contribution in [0.3, 0.4) is 0 Å². The lowest BCUT2D eigenvalue weighted by Gasteiger charge is -2.37. The zero-order chi connectivity index (χ0) is 12.4. The standard InChI is InChI=1S/C14H26N2O/c1-10-3-5-12(6-4-10)16(13-7-8-13)14(17)11(2)9-15/h10-13H,3-9,15H2,1-2H3. The molecule has 0 saturated heterocycles. The molecule has 1 atom stereocenters. The fraction of sp³-hybridized carbons (Fsp3) is 0.929. The number of nitrogens with zero attached hydrogens (tertiary/aromatic N) is 1. The van der Waals surface area contributed by atoms with E-state index in [1.807, 2.05) is 6.92 Å². The maximum atomic E-state index is 12.4. The number of carbonyl (C=O) groups is 1. The van der Waals surface area contributed by atoms with Gasteiger partial charge in [0.2, 0.25) is 5.91 Å². The molecule has 17 heavy (non-hydrogen) atoms. The average Bonchev–Trinajstić information content (AvgIpc) is 3.15. The summed E-state index contributed by atoms with van der Waals surface area (Å²) in [6.45, 7) is 4.76. The van der Waals surface area contributed by atoms with E-state index < -0.39 is 0 Å². The van der Waals surface area contributed by atoms with E-state index >= 15 is 0 Å². The quantitative estimate of drug-likeness (QED) is 0.815. The second kappa shape index (κ2) is 5.38. The summed E-state index contributed by atoms with van der Waals surface area (Å²) in [5, 5.41) is 0. The van der Waals surface area contributed by atoms with Crippen LogP contribution in [0.5, 0.6) is 0 Å². The fourth-order valence-electron chi connectivity index (χ4n) is 2.89. The lowest BCUT2D eigenvalue weighted by Crippen LogP contribution is -2.47. The Morgan fingerprint density at radius 3 is 2.06 bits per heavy atom. The van der Waals surface area contributed by atoms with Crippen LogP contribution in [-0.2, 0) is 4.79 Å². The predicted octanol–water partition coefficient (Wildman–Crippen LogP) is 2.15. The molecule has 2 aliphatic carbocycles. The van der Waals surface area contributed by atoms with Crippen LogP contribution in [0.4, 0.5) is 0 Å². The van der Waals surface area contributed by atoms with Gasteiger partial charge in [0.05, 0.1) is 0 Å². The zero-order valence-electron chi connectivity index (χ0n) is 11.2. The third-order valence-corrected chi connectivity index (χ3v) is 4.35. The van der Waals surface area contributed by atoms with Gasteiger partial charge in [0.25, 0.3) is 0 Å². The third kappa shape index (κ3) is 3.01. The number of amides is 1. The molecule has 2 saturated carbocycles. The van der Waals surface area contributed by atoms with Gasteiger partial charge in [-0.3, -0.25) is 4.79 Å². The molecule has 0 aromatic rings. The Labute approximate surface area is 105 Å². The van der Waals surface area contributed by atoms with Crippen molar-refractivity contribution in [3.8, 4) is 0 Å². The van der Waals surface area contributed by atoms with Crippen LogP contribution in [0, 0.1) is 11.8 Å². The van der Waals surface area contributed by atoms with Gasteiger partial charge >= 0.3 is 0 Å². The van der Waals surface area contributed by atoms with E-state index in [0.717, 1.165) is 5.92 Å². The molecule has 3 heteroatoms. The minimum atomic E-state index is -0.00468. The SMILES string of the molecule is CC1CCC(N(C(=O)C(C)CN)C2CC2)CC1. The van der Waals surface area contributed by atoms with Crippen molar-refractivity contribution in [2.24, 2.45) is 17.6 Å². The summed E-state index contributed by atoms with van der Waals surface area (Å²) >= 11 is 0. The molecule has 0 radical (unpaired) electrons. The van der Waals surface area contributed by atoms with Crippen molar-refractivity contribution in [1.29, 1.82) is 0 Å². The van der Waals surface area contributed by atoms with Crippen molar-refractivity contribution < 1.29 is 4.79 Å². The van der Waals surface area contributed by atoms with E-state index in [0.29, 0.717) is 24.5 Å². The Hall–Kier alpha value is -0.570. The molecule has 0 aliphatic heterocycles. The maximum Gasteiger partial charge on any atom is 0.227 e. The summed E-state index contributed by atoms with van der Waals surface area (Å²) in [5.41, 5.74) is 5.64. The van der Waals surface area contributed by atoms with Gasteiger partial charge in [0.1, 0.15) is 0 Å². The van der Waals surface area contributed by atoms with E-state index in [9.17, 15) is 4.79 Å². The van der Waals surface area contributed by atoms with Crippen molar-refractivity contribution in [3.63, 3.8) is 0 Å². The molecular weight excluding hydrogens is 212 g/mol. The number of nitrogens with two attached hydrogens (primary N) is 1. The molecule has 0 bridgehead atoms. The third-order valence-electron chi connectivity index (χ3n) is 4.35. The highest BCUT2D eigenvalue weighted by Crippen LogP contribution is 2.36. The molecule has 3 nitrogen and oxygen atoms in total. The lowest BCUT2D eigenvalue weighted by molar-refractivity contribution is -0.138. The van der Waals surface area contributed by atoms with E-state index in [1.165, 1.54) is 38.5 Å². The average molecular weight is 238 g/mol. The second-order valence-corrected chi connectivity index (χ2v) is 6.03. The van der Waals surface area contributed by atoms with Crippen LogP contribution in [0.1, 0.15) is 52.4 Å². The molecule has 0 spiro atoms. The number of hydrogen-bond donors (Lipinski definition) is 1. The topological polar surface area (TPSA) is 46.3 Å². The summed E-state index contributed by atoms with van der Waals surface area (Å²) < 4.78 is 0. The van der Waals surface area contributed by atoms with Gasteiger partial charge in [-0.05, 0) is 44.4 Å². The van der Waals surface area contributed by atoms with Gasteiger partial charge in [0.15, 0.2) is 0 Å². The fourth-order valence-corrected chi connectivity index (χ4v) is 2.89. The summed E-state index contributed by atoms with van der Waals surface area (Å²) in [7, 11) is 0. The Bertz CT molecular complexity index is 267. The van der Waals surface area contributed by atoms with E-state index in [1.54, 1.807) is 0 Å². The van der Waals surface area contributed by atoms with Crippen LogP contribution in [0.25, 0.3) is 0 Å². The number of carbonyl (C=O) groups excluding carboxylic acids is 1. The first-order valence-corrected chi connectivity index (χ1v) is 7.15. The molecule has 0 aromatic heterocycles. The van der Waals surface area contributed by atoms with Gasteiger partial charge in [-0.15, -0.1) is 0 Å². The van der Waals surface area contributed by atoms with E-state index in [2.05, 4.69) is 11.8 Å². The summed E-state index contributed by atoms with van der Waals surface area (Å²) in [5.74, 6) is 1.14. The minimum absolute atomic E-state index is 0.00468. The van der Waals surface area contributed by atoms with Crippen LogP contribution in [-0.4, -0.2) is 29.4 Å². The lowest BCUT2D eigenvalue weighted by atomic mass is 9.86. The van der Waals surface area contributed by atoms with Crippen LogP contribution < -0.4 is 5.73 Å². The first-order chi connectivity index (χ1) is 8.13. The molecule has 2 aliphatic rings. The van der Waals surface area contributed by atoms with Crippen molar-refractivity contribution >= 4 is 5.91 Å². The minimum Gasteiger partial charge on any atom is -0.336 e. The first-order valence-electron chi connectivity index (χ1n) is 7.15. The van der Waals surface area contributed by atoms with Gasteiger partial charge < -0.3 is 10.6 Å². The summed E-state index contributed by atoms with van der Waals surface area (Å²) in [4.78, 5) is 14.6. The van der Waals surface area contributed by atoms with Crippen molar-refractivity contribution in [1.82, 2.24) is 4.90 Å². The molecule has 0 heterocycles. The Kier molecular flexibility index (Phi) is 4.08. The summed E-state index contributed by atoms with van der Waals surface area (Å²) in [6.07, 6.45) is 7.35. The molecule has 0 aromatic carbocycles. The number of hydrogen-bond acceptors (Lipinski definition) is 2. The van der Waals surface area contributed by atoms with Crippen LogP contribution >= 0.6 is 0 Å². The molecular formula is C14H26N2O. The highest BCUT2D eigenvalue weighted by Gasteiger charge is 2.39. The first kappa shape index (κ1) is 12.9. The molecule has 2 N–H and O–H groups in total. The van der Waals surface area contributed by atoms with Crippen LogP contribution in [0.15, 0.2) is 0 Å². The van der Waals surface area contributed by atoms with Crippen LogP contribution in [0.2, 0.25) is 0 Å². The summed E-state index contributed by atoms with van der Waals surface area (Å²) in [6, 6.07) is 1.04. The molecule has 1 amide bonds. The molecule has 1 unspecified atom stereocenters. The van der Waals surface area contributed by atoms with Crippen molar-refractivity contribution in [3.05, 3.63) is 0 Å². The Balaban J connectivity index is 1.99. The normalized spacial score (nSPS) is 31.0. The van der Waals surface area contributed by atoms with Gasteiger partial charge in [-0.1, -0.05) is 13.8 Å². The number of rotatable bonds is 4. The highest BCUT2D eigenvalue weighted by molar-refractivity contribution is 5.79. The highest BCUT2D eigenvalue weighted by atomic mass is 16.2. The molecule has 2 rings (SSSR count). The zero-order valence-corrected chi connectivity index (χ0v) is 11.2. The molecule has 98 valence electrons. The Morgan fingerprint density at radius 2 is 1.65 bits per heavy atom. The van der Waals surface area contributed by atoms with Gasteiger partial charge in [-0.2, -0.15) is 0 Å². The monoisotopic (exact) mass is 238 g/mol. The van der Waals surface area contributed by atoms with Crippen molar-refractivity contribution in [2.75, 3.05) is 6.54 Å². The van der Waals surface area contributed by atoms with Gasteiger partial charge in [0, 0.05) is 24.5 Å². The Morgan fingerprint density at radius 1 is 1.18 bits per heavy atom. The predicted molar refractivity (Wildman–Crippen MR) is 69.5 cm³/mol. The smallest absolute Gasteiger partial charge is 0.227 e. The van der Waals surface area contributed by atoms with E-state index in [-0.39, 0.29) is 5.92 Å².